The Labute approximate surface area is 177 Å². The lowest BCUT2D eigenvalue weighted by Crippen LogP contribution is -2.51. The third-order valence-corrected chi connectivity index (χ3v) is 7.51. The Hall–Kier alpha value is -2.71. The van der Waals surface area contributed by atoms with Crippen molar-refractivity contribution in [2.45, 2.75) is 31.7 Å². The van der Waals surface area contributed by atoms with Crippen LogP contribution in [0.3, 0.4) is 0 Å². The average Bonchev–Trinajstić information content (AvgIpc) is 3.11. The van der Waals surface area contributed by atoms with Crippen molar-refractivity contribution in [2.75, 3.05) is 26.2 Å². The molecule has 4 rings (SSSR count). The standard InChI is InChI=1S/C22H26N4O3S/c1-3-21-23-19-6-4-5-7-20(19)26(21)16-22(27)24-12-14-25(15-13-24)30(28,29)18-10-8-17(2)9-11-18/h4-11H,3,12-16H2,1-2H3. The average molecular weight is 427 g/mol. The molecule has 1 fully saturated rings. The van der Waals surface area contributed by atoms with E-state index in [-0.39, 0.29) is 12.5 Å². The first-order valence-corrected chi connectivity index (χ1v) is 11.6. The number of piperazine rings is 1. The summed E-state index contributed by atoms with van der Waals surface area (Å²) in [5.41, 5.74) is 2.85. The van der Waals surface area contributed by atoms with Gasteiger partial charge in [-0.25, -0.2) is 13.4 Å². The zero-order valence-corrected chi connectivity index (χ0v) is 18.1. The molecule has 0 aliphatic carbocycles. The molecule has 7 nitrogen and oxygen atoms in total. The van der Waals surface area contributed by atoms with E-state index in [0.29, 0.717) is 31.1 Å². The number of amides is 1. The van der Waals surface area contributed by atoms with E-state index in [0.717, 1.165) is 28.8 Å². The summed E-state index contributed by atoms with van der Waals surface area (Å²) in [5, 5.41) is 0. The fourth-order valence-corrected chi connectivity index (χ4v) is 5.27. The molecule has 1 aromatic heterocycles. The second-order valence-corrected chi connectivity index (χ2v) is 9.49. The summed E-state index contributed by atoms with van der Waals surface area (Å²) in [6.45, 7) is 5.54. The smallest absolute Gasteiger partial charge is 0.243 e. The van der Waals surface area contributed by atoms with Crippen molar-refractivity contribution in [2.24, 2.45) is 0 Å². The number of hydrogen-bond acceptors (Lipinski definition) is 4. The molecule has 1 amide bonds. The number of carbonyl (C=O) groups excluding carboxylic acids is 1. The van der Waals surface area contributed by atoms with Gasteiger partial charge in [0.05, 0.1) is 15.9 Å². The van der Waals surface area contributed by atoms with E-state index in [1.807, 2.05) is 42.7 Å². The van der Waals surface area contributed by atoms with Gasteiger partial charge in [-0.05, 0) is 31.2 Å². The molecular weight excluding hydrogens is 400 g/mol. The minimum absolute atomic E-state index is 0.0137. The van der Waals surface area contributed by atoms with Crippen LogP contribution in [0.15, 0.2) is 53.4 Å². The van der Waals surface area contributed by atoms with Crippen molar-refractivity contribution in [3.05, 3.63) is 59.9 Å². The van der Waals surface area contributed by atoms with Crippen LogP contribution in [0, 0.1) is 6.92 Å². The molecule has 0 spiro atoms. The molecule has 3 aromatic rings. The van der Waals surface area contributed by atoms with E-state index in [2.05, 4.69) is 4.98 Å². The summed E-state index contributed by atoms with van der Waals surface area (Å²) >= 11 is 0. The van der Waals surface area contributed by atoms with E-state index < -0.39 is 10.0 Å². The predicted molar refractivity (Wildman–Crippen MR) is 116 cm³/mol. The maximum atomic E-state index is 13.0. The van der Waals surface area contributed by atoms with Gasteiger partial charge in [0.1, 0.15) is 12.4 Å². The van der Waals surface area contributed by atoms with Crippen molar-refractivity contribution in [1.29, 1.82) is 0 Å². The fourth-order valence-electron chi connectivity index (χ4n) is 3.84. The number of hydrogen-bond donors (Lipinski definition) is 0. The Morgan fingerprint density at radius 1 is 1.00 bits per heavy atom. The van der Waals surface area contributed by atoms with Crippen molar-refractivity contribution in [1.82, 2.24) is 18.8 Å². The Morgan fingerprint density at radius 3 is 2.33 bits per heavy atom. The molecule has 0 saturated carbocycles. The predicted octanol–water partition coefficient (Wildman–Crippen LogP) is 2.44. The molecule has 0 radical (unpaired) electrons. The third-order valence-electron chi connectivity index (χ3n) is 5.59. The summed E-state index contributed by atoms with van der Waals surface area (Å²) in [6, 6.07) is 14.7. The highest BCUT2D eigenvalue weighted by Gasteiger charge is 2.30. The topological polar surface area (TPSA) is 75.5 Å². The SMILES string of the molecule is CCc1nc2ccccc2n1CC(=O)N1CCN(S(=O)(=O)c2ccc(C)cc2)CC1. The molecule has 0 unspecified atom stereocenters. The van der Waals surface area contributed by atoms with Crippen LogP contribution in [0.4, 0.5) is 0 Å². The van der Waals surface area contributed by atoms with Gasteiger partial charge >= 0.3 is 0 Å². The highest BCUT2D eigenvalue weighted by atomic mass is 32.2. The van der Waals surface area contributed by atoms with Crippen LogP contribution >= 0.6 is 0 Å². The van der Waals surface area contributed by atoms with Gasteiger partial charge in [-0.1, -0.05) is 36.8 Å². The van der Waals surface area contributed by atoms with Crippen LogP contribution in [0.1, 0.15) is 18.3 Å². The minimum atomic E-state index is -3.54. The number of imidazole rings is 1. The summed E-state index contributed by atoms with van der Waals surface area (Å²) in [4.78, 5) is 19.6. The van der Waals surface area contributed by atoms with Gasteiger partial charge in [-0.15, -0.1) is 0 Å². The van der Waals surface area contributed by atoms with Gasteiger partial charge in [0.2, 0.25) is 15.9 Å². The number of para-hydroxylation sites is 2. The first-order valence-electron chi connectivity index (χ1n) is 10.2. The lowest BCUT2D eigenvalue weighted by Gasteiger charge is -2.34. The van der Waals surface area contributed by atoms with Crippen LogP contribution < -0.4 is 0 Å². The molecule has 2 heterocycles. The second-order valence-electron chi connectivity index (χ2n) is 7.55. The summed E-state index contributed by atoms with van der Waals surface area (Å²) in [7, 11) is -3.54. The van der Waals surface area contributed by atoms with Gasteiger partial charge in [-0.3, -0.25) is 4.79 Å². The molecule has 158 valence electrons. The van der Waals surface area contributed by atoms with E-state index in [9.17, 15) is 13.2 Å². The number of carbonyl (C=O) groups is 1. The molecule has 0 atom stereocenters. The Balaban J connectivity index is 1.45. The first kappa shape index (κ1) is 20.6. The largest absolute Gasteiger partial charge is 0.339 e. The zero-order valence-electron chi connectivity index (χ0n) is 17.3. The number of aromatic nitrogens is 2. The first-order chi connectivity index (χ1) is 14.4. The zero-order chi connectivity index (χ0) is 21.3. The Kier molecular flexibility index (Phi) is 5.62. The highest BCUT2D eigenvalue weighted by molar-refractivity contribution is 7.89. The molecular formula is C22H26N4O3S. The lowest BCUT2D eigenvalue weighted by atomic mass is 10.2. The minimum Gasteiger partial charge on any atom is -0.339 e. The Morgan fingerprint density at radius 2 is 1.67 bits per heavy atom. The van der Waals surface area contributed by atoms with Crippen LogP contribution in [0.5, 0.6) is 0 Å². The van der Waals surface area contributed by atoms with Crippen molar-refractivity contribution < 1.29 is 13.2 Å². The molecule has 1 aliphatic heterocycles. The monoisotopic (exact) mass is 426 g/mol. The van der Waals surface area contributed by atoms with Gasteiger partial charge in [0, 0.05) is 32.6 Å². The van der Waals surface area contributed by atoms with Gasteiger partial charge in [0.15, 0.2) is 0 Å². The molecule has 1 aliphatic rings. The second kappa shape index (κ2) is 8.20. The van der Waals surface area contributed by atoms with E-state index in [1.54, 1.807) is 29.2 Å². The third kappa shape index (κ3) is 3.85. The molecule has 8 heteroatoms. The van der Waals surface area contributed by atoms with Gasteiger partial charge in [-0.2, -0.15) is 4.31 Å². The number of aryl methyl sites for hydroxylation is 2. The number of benzene rings is 2. The number of fused-ring (bicyclic) bond motifs is 1. The number of nitrogens with zero attached hydrogens (tertiary/aromatic N) is 4. The summed E-state index contributed by atoms with van der Waals surface area (Å²) in [5.74, 6) is 0.866. The van der Waals surface area contributed by atoms with Crippen LogP contribution in [-0.4, -0.2) is 59.3 Å². The quantitative estimate of drug-likeness (QED) is 0.628. The van der Waals surface area contributed by atoms with E-state index in [4.69, 9.17) is 0 Å². The molecule has 0 N–H and O–H groups in total. The molecule has 1 saturated heterocycles. The van der Waals surface area contributed by atoms with Crippen LogP contribution in [0.25, 0.3) is 11.0 Å². The summed E-state index contributed by atoms with van der Waals surface area (Å²) in [6.07, 6.45) is 0.741. The summed E-state index contributed by atoms with van der Waals surface area (Å²) < 4.78 is 29.2. The van der Waals surface area contributed by atoms with E-state index >= 15 is 0 Å². The van der Waals surface area contributed by atoms with Crippen LogP contribution in [-0.2, 0) is 27.8 Å². The van der Waals surface area contributed by atoms with Gasteiger partial charge in [0.25, 0.3) is 0 Å². The number of rotatable bonds is 5. The normalized spacial score (nSPS) is 15.6. The Bertz CT molecular complexity index is 1160. The fraction of sp³-hybridized carbons (Fsp3) is 0.364. The maximum absolute atomic E-state index is 13.0. The van der Waals surface area contributed by atoms with Crippen molar-refractivity contribution in [3.8, 4) is 0 Å². The lowest BCUT2D eigenvalue weighted by molar-refractivity contribution is -0.133. The number of sulfonamides is 1. The van der Waals surface area contributed by atoms with E-state index in [1.165, 1.54) is 4.31 Å². The van der Waals surface area contributed by atoms with Crippen molar-refractivity contribution in [3.63, 3.8) is 0 Å². The van der Waals surface area contributed by atoms with Gasteiger partial charge < -0.3 is 9.47 Å². The molecule has 0 bridgehead atoms. The molecule has 2 aromatic carbocycles. The van der Waals surface area contributed by atoms with Crippen molar-refractivity contribution >= 4 is 27.0 Å². The maximum Gasteiger partial charge on any atom is 0.243 e. The molecule has 30 heavy (non-hydrogen) atoms. The highest BCUT2D eigenvalue weighted by Crippen LogP contribution is 2.20. The van der Waals surface area contributed by atoms with Crippen LogP contribution in [0.2, 0.25) is 0 Å².